The van der Waals surface area contributed by atoms with Gasteiger partial charge < -0.3 is 4.79 Å². The lowest BCUT2D eigenvalue weighted by atomic mass is 9.68. The maximum absolute atomic E-state index is 13.2. The lowest BCUT2D eigenvalue weighted by Crippen LogP contribution is -2.40. The van der Waals surface area contributed by atoms with Crippen LogP contribution in [-0.2, 0) is 9.08 Å². The SMILES string of the molecule is CCC=O.CCCCSc1ccc2c3c(cccc13)C(=O)N(OSCC(C)(CC)C(C)(C)C)C2=O. The number of hydroxylamine groups is 2. The second-order valence-electron chi connectivity index (χ2n) is 10.0. The topological polar surface area (TPSA) is 63.7 Å². The van der Waals surface area contributed by atoms with E-state index >= 15 is 0 Å². The van der Waals surface area contributed by atoms with Gasteiger partial charge in [-0.25, -0.2) is 0 Å². The van der Waals surface area contributed by atoms with Crippen LogP contribution in [-0.4, -0.2) is 34.7 Å². The van der Waals surface area contributed by atoms with E-state index in [9.17, 15) is 14.4 Å². The maximum Gasteiger partial charge on any atom is 0.286 e. The number of unbranched alkanes of at least 4 members (excludes halogenated alkanes) is 1. The van der Waals surface area contributed by atoms with Crippen molar-refractivity contribution in [1.29, 1.82) is 0 Å². The van der Waals surface area contributed by atoms with Gasteiger partial charge in [-0.2, -0.15) is 4.28 Å². The van der Waals surface area contributed by atoms with Gasteiger partial charge in [-0.1, -0.05) is 67.0 Å². The van der Waals surface area contributed by atoms with Crippen molar-refractivity contribution in [3.05, 3.63) is 41.5 Å². The molecule has 1 heterocycles. The number of amides is 2. The Labute approximate surface area is 218 Å². The van der Waals surface area contributed by atoms with Gasteiger partial charge >= 0.3 is 0 Å². The highest BCUT2D eigenvalue weighted by atomic mass is 32.2. The molecule has 1 atom stereocenters. The molecule has 1 aliphatic rings. The first-order valence-electron chi connectivity index (χ1n) is 12.4. The van der Waals surface area contributed by atoms with Crippen molar-refractivity contribution >= 4 is 52.7 Å². The van der Waals surface area contributed by atoms with Crippen LogP contribution >= 0.6 is 23.8 Å². The molecule has 2 aromatic carbocycles. The number of nitrogens with zero attached hydrogens (tertiary/aromatic N) is 1. The Morgan fingerprint density at radius 1 is 0.971 bits per heavy atom. The first-order chi connectivity index (χ1) is 16.6. The van der Waals surface area contributed by atoms with Gasteiger partial charge in [0.2, 0.25) is 0 Å². The summed E-state index contributed by atoms with van der Waals surface area (Å²) >= 11 is 2.97. The molecule has 0 aromatic heterocycles. The first kappa shape index (κ1) is 29.4. The van der Waals surface area contributed by atoms with E-state index in [-0.39, 0.29) is 22.6 Å². The predicted octanol–water partition coefficient (Wildman–Crippen LogP) is 7.97. The van der Waals surface area contributed by atoms with Crippen molar-refractivity contribution < 1.29 is 18.7 Å². The van der Waals surface area contributed by atoms with Crippen molar-refractivity contribution in [2.75, 3.05) is 11.5 Å². The van der Waals surface area contributed by atoms with Crippen molar-refractivity contribution in [3.8, 4) is 0 Å². The molecule has 0 aliphatic carbocycles. The lowest BCUT2D eigenvalue weighted by Gasteiger charge is -2.41. The zero-order valence-corrected chi connectivity index (χ0v) is 23.7. The van der Waals surface area contributed by atoms with Gasteiger partial charge in [0.15, 0.2) is 0 Å². The molecule has 0 saturated heterocycles. The second kappa shape index (κ2) is 12.9. The van der Waals surface area contributed by atoms with Gasteiger partial charge in [-0.3, -0.25) is 9.59 Å². The highest BCUT2D eigenvalue weighted by Gasteiger charge is 2.38. The summed E-state index contributed by atoms with van der Waals surface area (Å²) in [7, 11) is 0. The Hall–Kier alpha value is -1.83. The fourth-order valence-corrected chi connectivity index (χ4v) is 5.96. The summed E-state index contributed by atoms with van der Waals surface area (Å²) in [6.45, 7) is 15.0. The summed E-state index contributed by atoms with van der Waals surface area (Å²) in [5, 5.41) is 2.65. The van der Waals surface area contributed by atoms with E-state index in [1.54, 1.807) is 17.8 Å². The first-order valence-corrected chi connectivity index (χ1v) is 14.3. The minimum absolute atomic E-state index is 0.0160. The van der Waals surface area contributed by atoms with Gasteiger partial charge in [0.1, 0.15) is 6.29 Å². The fourth-order valence-electron chi connectivity index (χ4n) is 3.63. The molecule has 0 saturated carbocycles. The summed E-state index contributed by atoms with van der Waals surface area (Å²) < 4.78 is 5.74. The summed E-state index contributed by atoms with van der Waals surface area (Å²) in [6, 6.07) is 9.50. The molecular formula is C28H39NO4S2. The van der Waals surface area contributed by atoms with Crippen LogP contribution in [0.5, 0.6) is 0 Å². The number of benzene rings is 2. The highest BCUT2D eigenvalue weighted by molar-refractivity contribution is 7.99. The Morgan fingerprint density at radius 3 is 2.14 bits per heavy atom. The number of rotatable bonds is 10. The number of hydrogen-bond donors (Lipinski definition) is 0. The number of thioether (sulfide) groups is 1. The maximum atomic E-state index is 13.2. The monoisotopic (exact) mass is 517 g/mol. The van der Waals surface area contributed by atoms with E-state index in [1.165, 1.54) is 12.0 Å². The second-order valence-corrected chi connectivity index (χ2v) is 11.8. The van der Waals surface area contributed by atoms with Crippen molar-refractivity contribution in [2.24, 2.45) is 10.8 Å². The molecule has 0 fully saturated rings. The molecule has 1 aliphatic heterocycles. The summed E-state index contributed by atoms with van der Waals surface area (Å²) in [5.74, 6) is 0.932. The van der Waals surface area contributed by atoms with Crippen LogP contribution in [0.25, 0.3) is 10.8 Å². The van der Waals surface area contributed by atoms with Crippen LogP contribution in [0.2, 0.25) is 0 Å². The lowest BCUT2D eigenvalue weighted by molar-refractivity contribution is -0.107. The van der Waals surface area contributed by atoms with Crippen LogP contribution in [0.3, 0.4) is 0 Å². The van der Waals surface area contributed by atoms with Crippen molar-refractivity contribution in [1.82, 2.24) is 5.06 Å². The number of hydrogen-bond acceptors (Lipinski definition) is 6. The molecule has 2 aromatic rings. The number of carbonyl (C=O) groups is 3. The Morgan fingerprint density at radius 2 is 1.60 bits per heavy atom. The molecule has 192 valence electrons. The van der Waals surface area contributed by atoms with Gasteiger partial charge in [-0.05, 0) is 53.0 Å². The largest absolute Gasteiger partial charge is 0.303 e. The normalized spacial score (nSPS) is 15.0. The zero-order chi connectivity index (χ0) is 26.2. The molecule has 0 radical (unpaired) electrons. The Balaban J connectivity index is 0.00000100. The van der Waals surface area contributed by atoms with E-state index in [4.69, 9.17) is 4.28 Å². The Bertz CT molecular complexity index is 1020. The van der Waals surface area contributed by atoms with Gasteiger partial charge in [0, 0.05) is 34.5 Å². The zero-order valence-electron chi connectivity index (χ0n) is 22.1. The summed E-state index contributed by atoms with van der Waals surface area (Å²) in [4.78, 5) is 36.6. The third kappa shape index (κ3) is 6.69. The number of imide groups is 1. The molecule has 35 heavy (non-hydrogen) atoms. The smallest absolute Gasteiger partial charge is 0.286 e. The molecular weight excluding hydrogens is 478 g/mol. The fraction of sp³-hybridized carbons (Fsp3) is 0.536. The van der Waals surface area contributed by atoms with E-state index in [0.717, 1.165) is 52.0 Å². The van der Waals surface area contributed by atoms with Crippen molar-refractivity contribution in [2.45, 2.75) is 79.0 Å². The molecule has 0 N–H and O–H groups in total. The van der Waals surface area contributed by atoms with Gasteiger partial charge in [-0.15, -0.1) is 16.8 Å². The van der Waals surface area contributed by atoms with E-state index in [0.29, 0.717) is 23.3 Å². The van der Waals surface area contributed by atoms with Crippen LogP contribution < -0.4 is 0 Å². The van der Waals surface area contributed by atoms with E-state index in [1.807, 2.05) is 31.2 Å². The average molecular weight is 518 g/mol. The quantitative estimate of drug-likeness (QED) is 0.105. The number of aldehydes is 1. The summed E-state index contributed by atoms with van der Waals surface area (Å²) in [5.41, 5.74) is 1.15. The van der Waals surface area contributed by atoms with Gasteiger partial charge in [0.25, 0.3) is 11.8 Å². The highest BCUT2D eigenvalue weighted by Crippen LogP contribution is 2.44. The minimum Gasteiger partial charge on any atom is -0.303 e. The number of carbonyl (C=O) groups excluding carboxylic acids is 3. The van der Waals surface area contributed by atoms with Crippen LogP contribution in [0, 0.1) is 10.8 Å². The molecule has 3 rings (SSSR count). The third-order valence-electron chi connectivity index (χ3n) is 6.85. The molecule has 0 spiro atoms. The standard InChI is InChI=1S/C25H33NO3S2.C3H6O/c1-7-9-15-30-20-14-13-19-21-17(20)11-10-12-18(21)22(27)26(23(19)28)29-31-16-25(6,8-2)24(3,4)5;1-2-3-4/h10-14H,7-9,15-16H2,1-6H3;3H,2H2,1H3. The van der Waals surface area contributed by atoms with E-state index < -0.39 is 0 Å². The molecule has 0 bridgehead atoms. The Kier molecular flexibility index (Phi) is 10.9. The summed E-state index contributed by atoms with van der Waals surface area (Å²) in [6.07, 6.45) is 4.77. The minimum atomic E-state index is -0.389. The van der Waals surface area contributed by atoms with Crippen LogP contribution in [0.1, 0.15) is 94.9 Å². The molecule has 7 heteroatoms. The van der Waals surface area contributed by atoms with Crippen LogP contribution in [0.4, 0.5) is 0 Å². The molecule has 1 unspecified atom stereocenters. The van der Waals surface area contributed by atoms with E-state index in [2.05, 4.69) is 41.5 Å². The molecule has 5 nitrogen and oxygen atoms in total. The average Bonchev–Trinajstić information content (AvgIpc) is 2.84. The predicted molar refractivity (Wildman–Crippen MR) is 148 cm³/mol. The van der Waals surface area contributed by atoms with Gasteiger partial charge in [0.05, 0.1) is 11.1 Å². The van der Waals surface area contributed by atoms with Crippen LogP contribution in [0.15, 0.2) is 35.2 Å². The molecule has 2 amide bonds. The van der Waals surface area contributed by atoms with Crippen molar-refractivity contribution in [3.63, 3.8) is 0 Å². The third-order valence-corrected chi connectivity index (χ3v) is 9.02.